The third-order valence-corrected chi connectivity index (χ3v) is 6.25. The van der Waals surface area contributed by atoms with Crippen molar-refractivity contribution in [3.05, 3.63) is 88.6 Å². The maximum Gasteiger partial charge on any atom is 0.257 e. The molecule has 2 aromatic carbocycles. The van der Waals surface area contributed by atoms with E-state index in [9.17, 15) is 9.90 Å². The summed E-state index contributed by atoms with van der Waals surface area (Å²) < 4.78 is 5.88. The minimum atomic E-state index is -0.631. The van der Waals surface area contributed by atoms with Crippen molar-refractivity contribution in [1.82, 2.24) is 9.80 Å². The van der Waals surface area contributed by atoms with Gasteiger partial charge < -0.3 is 14.7 Å². The average molecular weight is 470 g/mol. The first kappa shape index (κ1) is 24.5. The molecule has 35 heavy (non-hydrogen) atoms. The molecule has 2 aliphatic heterocycles. The first-order valence-electron chi connectivity index (χ1n) is 11.9. The van der Waals surface area contributed by atoms with Gasteiger partial charge in [-0.3, -0.25) is 14.7 Å². The lowest BCUT2D eigenvalue weighted by Crippen LogP contribution is -2.44. The summed E-state index contributed by atoms with van der Waals surface area (Å²) in [4.78, 5) is 20.9. The van der Waals surface area contributed by atoms with Crippen LogP contribution in [0.4, 0.5) is 0 Å². The highest BCUT2D eigenvalue weighted by molar-refractivity contribution is 5.97. The van der Waals surface area contributed by atoms with Crippen LogP contribution >= 0.6 is 0 Å². The van der Waals surface area contributed by atoms with Crippen LogP contribution < -0.4 is 4.74 Å². The van der Waals surface area contributed by atoms with E-state index < -0.39 is 6.10 Å². The molecule has 0 saturated heterocycles. The van der Waals surface area contributed by atoms with Crippen LogP contribution in [-0.2, 0) is 13.0 Å². The van der Waals surface area contributed by atoms with Gasteiger partial charge in [0.05, 0.1) is 18.2 Å². The number of hydrogen-bond acceptors (Lipinski definition) is 5. The number of aliphatic hydroxyl groups is 1. The topological polar surface area (TPSA) is 65.4 Å². The van der Waals surface area contributed by atoms with Gasteiger partial charge in [0.15, 0.2) is 0 Å². The molecule has 0 aliphatic carbocycles. The van der Waals surface area contributed by atoms with Crippen LogP contribution in [-0.4, -0.2) is 66.4 Å². The molecule has 4 rings (SSSR count). The average Bonchev–Trinajstić information content (AvgIpc) is 3.02. The second kappa shape index (κ2) is 11.7. The van der Waals surface area contributed by atoms with Crippen molar-refractivity contribution in [3.63, 3.8) is 0 Å². The Morgan fingerprint density at radius 2 is 2.06 bits per heavy atom. The van der Waals surface area contributed by atoms with Crippen molar-refractivity contribution in [3.8, 4) is 17.6 Å². The molecule has 0 radical (unpaired) electrons. The summed E-state index contributed by atoms with van der Waals surface area (Å²) in [5.41, 5.74) is 4.77. The highest BCUT2D eigenvalue weighted by Crippen LogP contribution is 2.25. The van der Waals surface area contributed by atoms with Gasteiger partial charge in [0, 0.05) is 43.5 Å². The SMILES string of the molecule is C=N/C=C\C(C#Cc1ccc2c(c1)OCCN(CC(O)CN1CCc3ccccc3C1)C2=O)=C/C. The standard InChI is InChI=1S/C29H31N3O3/c1-3-22(12-14-30-2)8-9-23-10-11-27-28(18-23)35-17-16-32(29(27)34)21-26(33)20-31-15-13-24-6-4-5-7-25(24)19-31/h3-7,10-12,14,18,26,33H,2,13,15-17,19-21H2,1H3/b14-12-,22-3-. The highest BCUT2D eigenvalue weighted by Gasteiger charge is 2.27. The molecule has 0 aromatic heterocycles. The first-order valence-corrected chi connectivity index (χ1v) is 11.9. The van der Waals surface area contributed by atoms with Gasteiger partial charge in [-0.2, -0.15) is 0 Å². The van der Waals surface area contributed by atoms with E-state index in [1.54, 1.807) is 29.3 Å². The Bertz CT molecular complexity index is 1210. The van der Waals surface area contributed by atoms with Crippen molar-refractivity contribution in [2.45, 2.75) is 26.0 Å². The lowest BCUT2D eigenvalue weighted by Gasteiger charge is -2.32. The lowest BCUT2D eigenvalue weighted by molar-refractivity contribution is 0.0501. The van der Waals surface area contributed by atoms with Crippen molar-refractivity contribution < 1.29 is 14.6 Å². The first-order chi connectivity index (χ1) is 17.1. The minimum Gasteiger partial charge on any atom is -0.491 e. The molecule has 1 amide bonds. The number of hydrogen-bond donors (Lipinski definition) is 1. The van der Waals surface area contributed by atoms with Crippen LogP contribution in [0.1, 0.15) is 34.0 Å². The van der Waals surface area contributed by atoms with Gasteiger partial charge in [0.1, 0.15) is 12.4 Å². The van der Waals surface area contributed by atoms with Gasteiger partial charge in [0.25, 0.3) is 5.91 Å². The monoisotopic (exact) mass is 469 g/mol. The lowest BCUT2D eigenvalue weighted by atomic mass is 10.00. The van der Waals surface area contributed by atoms with E-state index in [0.29, 0.717) is 31.0 Å². The quantitative estimate of drug-likeness (QED) is 0.400. The van der Waals surface area contributed by atoms with Gasteiger partial charge in [-0.25, -0.2) is 0 Å². The van der Waals surface area contributed by atoms with E-state index in [0.717, 1.165) is 30.6 Å². The van der Waals surface area contributed by atoms with Crippen LogP contribution in [0.3, 0.4) is 0 Å². The number of aliphatic hydroxyl groups excluding tert-OH is 1. The number of fused-ring (bicyclic) bond motifs is 2. The normalized spacial score (nSPS) is 17.0. The van der Waals surface area contributed by atoms with Gasteiger partial charge in [-0.1, -0.05) is 42.2 Å². The molecule has 180 valence electrons. The Morgan fingerprint density at radius 1 is 1.23 bits per heavy atom. The number of benzene rings is 2. The van der Waals surface area contributed by atoms with Crippen molar-refractivity contribution in [2.24, 2.45) is 4.99 Å². The maximum absolute atomic E-state index is 13.2. The summed E-state index contributed by atoms with van der Waals surface area (Å²) >= 11 is 0. The van der Waals surface area contributed by atoms with Crippen molar-refractivity contribution >= 4 is 12.6 Å². The Hall–Kier alpha value is -3.66. The molecule has 1 N–H and O–H groups in total. The molecule has 0 bridgehead atoms. The highest BCUT2D eigenvalue weighted by atomic mass is 16.5. The van der Waals surface area contributed by atoms with Gasteiger partial charge in [0.2, 0.25) is 0 Å². The van der Waals surface area contributed by atoms with E-state index >= 15 is 0 Å². The Morgan fingerprint density at radius 3 is 2.86 bits per heavy atom. The van der Waals surface area contributed by atoms with Crippen LogP contribution in [0.5, 0.6) is 5.75 Å². The van der Waals surface area contributed by atoms with Crippen LogP contribution in [0.2, 0.25) is 0 Å². The van der Waals surface area contributed by atoms with E-state index in [4.69, 9.17) is 4.74 Å². The number of ether oxygens (including phenoxy) is 1. The number of carbonyl (C=O) groups excluding carboxylic acids is 1. The molecule has 6 heteroatoms. The smallest absolute Gasteiger partial charge is 0.257 e. The number of amides is 1. The van der Waals surface area contributed by atoms with Crippen molar-refractivity contribution in [1.29, 1.82) is 0 Å². The fourth-order valence-corrected chi connectivity index (χ4v) is 4.42. The van der Waals surface area contributed by atoms with Crippen LogP contribution in [0, 0.1) is 11.8 Å². The molecule has 2 aliphatic rings. The summed E-state index contributed by atoms with van der Waals surface area (Å²) in [5, 5.41) is 10.8. The third-order valence-electron chi connectivity index (χ3n) is 6.25. The molecule has 0 spiro atoms. The predicted octanol–water partition coefficient (Wildman–Crippen LogP) is 3.45. The summed E-state index contributed by atoms with van der Waals surface area (Å²) in [6.07, 6.45) is 5.62. The zero-order valence-electron chi connectivity index (χ0n) is 20.1. The number of allylic oxidation sites excluding steroid dienone is 3. The second-order valence-corrected chi connectivity index (χ2v) is 8.71. The number of rotatable bonds is 6. The molecule has 0 fully saturated rings. The molecule has 2 heterocycles. The Balaban J connectivity index is 1.40. The zero-order valence-corrected chi connectivity index (χ0v) is 20.1. The summed E-state index contributed by atoms with van der Waals surface area (Å²) in [6.45, 7) is 8.67. The summed E-state index contributed by atoms with van der Waals surface area (Å²) in [6, 6.07) is 13.8. The summed E-state index contributed by atoms with van der Waals surface area (Å²) in [5.74, 6) is 6.58. The molecule has 1 atom stereocenters. The minimum absolute atomic E-state index is 0.130. The maximum atomic E-state index is 13.2. The van der Waals surface area contributed by atoms with Crippen molar-refractivity contribution in [2.75, 3.05) is 32.8 Å². The second-order valence-electron chi connectivity index (χ2n) is 8.71. The summed E-state index contributed by atoms with van der Waals surface area (Å²) in [7, 11) is 0. The van der Waals surface area contributed by atoms with E-state index in [1.165, 1.54) is 11.1 Å². The number of aliphatic imine (C=N–C) groups is 1. The Labute approximate surface area is 207 Å². The van der Waals surface area contributed by atoms with Crippen LogP contribution in [0.15, 0.2) is 71.4 Å². The van der Waals surface area contributed by atoms with Gasteiger partial charge in [-0.15, -0.1) is 0 Å². The molecule has 6 nitrogen and oxygen atoms in total. The van der Waals surface area contributed by atoms with E-state index in [-0.39, 0.29) is 12.5 Å². The zero-order chi connectivity index (χ0) is 24.6. The molecule has 1 unspecified atom stereocenters. The third kappa shape index (κ3) is 6.27. The fourth-order valence-electron chi connectivity index (χ4n) is 4.42. The predicted molar refractivity (Wildman–Crippen MR) is 139 cm³/mol. The van der Waals surface area contributed by atoms with E-state index in [2.05, 4.69) is 52.7 Å². The number of carbonyl (C=O) groups is 1. The van der Waals surface area contributed by atoms with Gasteiger partial charge in [-0.05, 0) is 55.5 Å². The Kier molecular flexibility index (Phi) is 8.15. The fraction of sp³-hybridized carbons (Fsp3) is 0.310. The molecule has 0 saturated carbocycles. The molecular formula is C29H31N3O3. The molecule has 2 aromatic rings. The van der Waals surface area contributed by atoms with Gasteiger partial charge >= 0.3 is 0 Å². The molecular weight excluding hydrogens is 438 g/mol. The number of nitrogens with zero attached hydrogens (tertiary/aromatic N) is 3. The van der Waals surface area contributed by atoms with Crippen LogP contribution in [0.25, 0.3) is 0 Å². The largest absolute Gasteiger partial charge is 0.491 e. The number of β-amino-alcohol motifs (C(OH)–C–C–N with tert-alkyl or cyclic N) is 1. The van der Waals surface area contributed by atoms with E-state index in [1.807, 2.05) is 19.1 Å².